The fraction of sp³-hybridized carbons (Fsp3) is 0.725. The monoisotopic (exact) mass is 796 g/mol. The van der Waals surface area contributed by atoms with Crippen LogP contribution in [-0.2, 0) is 14.3 Å². The number of esters is 1. The third-order valence-electron chi connectivity index (χ3n) is 10.4. The lowest BCUT2D eigenvalue weighted by Crippen LogP contribution is -2.46. The highest BCUT2D eigenvalue weighted by atomic mass is 16.5. The van der Waals surface area contributed by atoms with Crippen molar-refractivity contribution in [3.63, 3.8) is 0 Å². The van der Waals surface area contributed by atoms with Crippen LogP contribution in [0.25, 0.3) is 0 Å². The van der Waals surface area contributed by atoms with Crippen LogP contribution in [0.3, 0.4) is 0 Å². The summed E-state index contributed by atoms with van der Waals surface area (Å²) in [7, 11) is 0. The lowest BCUT2D eigenvalue weighted by Gasteiger charge is -2.24. The van der Waals surface area contributed by atoms with E-state index in [1.165, 1.54) is 96.3 Å². The number of ether oxygens (including phenoxy) is 1. The number of carbonyl (C=O) groups excluding carboxylic acids is 2. The number of hydrogen-bond donors (Lipinski definition) is 3. The molecule has 0 heterocycles. The molecule has 1 amide bonds. The molecule has 0 saturated carbocycles. The summed E-state index contributed by atoms with van der Waals surface area (Å²) in [6.07, 6.45) is 55.3. The van der Waals surface area contributed by atoms with Crippen LogP contribution in [0.15, 0.2) is 72.9 Å². The van der Waals surface area contributed by atoms with Gasteiger partial charge in [0.1, 0.15) is 6.10 Å². The number of aliphatic hydroxyl groups excluding tert-OH is 2. The topological polar surface area (TPSA) is 95.9 Å². The molecule has 328 valence electrons. The Bertz CT molecular complexity index is 1070. The van der Waals surface area contributed by atoms with Gasteiger partial charge in [-0.3, -0.25) is 9.59 Å². The van der Waals surface area contributed by atoms with E-state index in [0.29, 0.717) is 19.3 Å². The minimum Gasteiger partial charge on any atom is -0.462 e. The maximum absolute atomic E-state index is 13.1. The third-order valence-corrected chi connectivity index (χ3v) is 10.4. The van der Waals surface area contributed by atoms with E-state index in [9.17, 15) is 19.8 Å². The first-order valence-corrected chi connectivity index (χ1v) is 23.7. The molecule has 0 fully saturated rings. The summed E-state index contributed by atoms with van der Waals surface area (Å²) in [6, 6.07) is -0.720. The predicted octanol–water partition coefficient (Wildman–Crippen LogP) is 13.8. The van der Waals surface area contributed by atoms with Gasteiger partial charge in [0.25, 0.3) is 0 Å². The van der Waals surface area contributed by atoms with E-state index in [1.54, 1.807) is 0 Å². The number of aliphatic hydroxyl groups is 2. The largest absolute Gasteiger partial charge is 0.462 e. The smallest absolute Gasteiger partial charge is 0.306 e. The van der Waals surface area contributed by atoms with E-state index in [2.05, 4.69) is 56.5 Å². The standard InChI is InChI=1S/C51H89NO5/c1-4-7-10-13-16-19-22-24-25-26-29-32-35-38-41-44-51(56)57-47(42-39-36-33-30-28-23-20-17-14-11-8-5-2)45-50(55)52-48(46-53)49(54)43-40-37-34-31-27-21-18-15-12-9-6-3/h7,10,13,16,19,22,24-26,29-30,33,47-49,53-54H,4-6,8-9,11-12,14-15,17-18,20-21,23,27-28,31-32,34-46H2,1-3H3,(H,52,55)/b10-7+,16-13+,22-19-,25-24-,29-26+,33-30-. The zero-order chi connectivity index (χ0) is 41.7. The van der Waals surface area contributed by atoms with E-state index in [4.69, 9.17) is 4.74 Å². The molecule has 3 atom stereocenters. The van der Waals surface area contributed by atoms with Crippen molar-refractivity contribution < 1.29 is 24.5 Å². The first-order chi connectivity index (χ1) is 28.0. The fourth-order valence-electron chi connectivity index (χ4n) is 6.80. The summed E-state index contributed by atoms with van der Waals surface area (Å²) in [6.45, 7) is 6.29. The van der Waals surface area contributed by atoms with Gasteiger partial charge in [0.2, 0.25) is 5.91 Å². The highest BCUT2D eigenvalue weighted by Gasteiger charge is 2.24. The van der Waals surface area contributed by atoms with Crippen LogP contribution >= 0.6 is 0 Å². The van der Waals surface area contributed by atoms with Gasteiger partial charge in [-0.1, -0.05) is 209 Å². The van der Waals surface area contributed by atoms with E-state index >= 15 is 0 Å². The SMILES string of the molecule is CC/C=C/C=C/C=C\C=C/C=C/CCCCCC(=O)OC(CCC/C=C\CCCCCCCCC)CC(=O)NC(CO)C(O)CCCCCCCCCCCCC. The van der Waals surface area contributed by atoms with Gasteiger partial charge in [0.15, 0.2) is 0 Å². The van der Waals surface area contributed by atoms with Crippen molar-refractivity contribution >= 4 is 11.9 Å². The van der Waals surface area contributed by atoms with Crippen molar-refractivity contribution in [2.75, 3.05) is 6.61 Å². The van der Waals surface area contributed by atoms with Crippen molar-refractivity contribution in [1.29, 1.82) is 0 Å². The zero-order valence-electron chi connectivity index (χ0n) is 37.2. The van der Waals surface area contributed by atoms with Crippen LogP contribution in [0, 0.1) is 0 Å². The predicted molar refractivity (Wildman–Crippen MR) is 245 cm³/mol. The summed E-state index contributed by atoms with van der Waals surface area (Å²) >= 11 is 0. The molecule has 0 bridgehead atoms. The second-order valence-electron chi connectivity index (χ2n) is 15.9. The van der Waals surface area contributed by atoms with E-state index < -0.39 is 18.2 Å². The Morgan fingerprint density at radius 3 is 1.53 bits per heavy atom. The summed E-state index contributed by atoms with van der Waals surface area (Å²) in [5.74, 6) is -0.557. The molecule has 0 saturated heterocycles. The molecule has 0 aliphatic rings. The number of nitrogens with one attached hydrogen (secondary N) is 1. The van der Waals surface area contributed by atoms with Crippen molar-refractivity contribution in [3.8, 4) is 0 Å². The first-order valence-electron chi connectivity index (χ1n) is 23.7. The van der Waals surface area contributed by atoms with Crippen molar-refractivity contribution in [2.24, 2.45) is 0 Å². The zero-order valence-corrected chi connectivity index (χ0v) is 37.2. The van der Waals surface area contributed by atoms with Crippen LogP contribution in [0.4, 0.5) is 0 Å². The second-order valence-corrected chi connectivity index (χ2v) is 15.9. The van der Waals surface area contributed by atoms with Crippen molar-refractivity contribution in [2.45, 2.75) is 232 Å². The van der Waals surface area contributed by atoms with Gasteiger partial charge in [0, 0.05) is 6.42 Å². The van der Waals surface area contributed by atoms with Crippen LogP contribution in [0.2, 0.25) is 0 Å². The third kappa shape index (κ3) is 39.9. The highest BCUT2D eigenvalue weighted by molar-refractivity contribution is 5.77. The van der Waals surface area contributed by atoms with Crippen LogP contribution in [0.5, 0.6) is 0 Å². The minimum absolute atomic E-state index is 0.0366. The van der Waals surface area contributed by atoms with Crippen LogP contribution in [0.1, 0.15) is 213 Å². The number of unbranched alkanes of at least 4 members (excludes halogenated alkanes) is 21. The number of allylic oxidation sites excluding steroid dienone is 12. The second kappa shape index (κ2) is 44.4. The van der Waals surface area contributed by atoms with Gasteiger partial charge >= 0.3 is 5.97 Å². The number of carbonyl (C=O) groups is 2. The normalized spacial score (nSPS) is 14.0. The van der Waals surface area contributed by atoms with Gasteiger partial charge in [-0.25, -0.2) is 0 Å². The molecule has 0 aromatic rings. The average Bonchev–Trinajstić information content (AvgIpc) is 3.20. The Morgan fingerprint density at radius 2 is 0.982 bits per heavy atom. The molecule has 57 heavy (non-hydrogen) atoms. The van der Waals surface area contributed by atoms with Gasteiger partial charge in [-0.05, 0) is 64.2 Å². The molecule has 0 aliphatic carbocycles. The fourth-order valence-corrected chi connectivity index (χ4v) is 6.80. The van der Waals surface area contributed by atoms with Crippen molar-refractivity contribution in [3.05, 3.63) is 72.9 Å². The Labute approximate surface area is 351 Å². The average molecular weight is 796 g/mol. The molecular weight excluding hydrogens is 707 g/mol. The van der Waals surface area contributed by atoms with Crippen molar-refractivity contribution in [1.82, 2.24) is 5.32 Å². The Morgan fingerprint density at radius 1 is 0.526 bits per heavy atom. The molecule has 0 aromatic carbocycles. The number of hydrogen-bond acceptors (Lipinski definition) is 5. The molecule has 6 heteroatoms. The number of amides is 1. The summed E-state index contributed by atoms with van der Waals surface area (Å²) in [4.78, 5) is 26.0. The van der Waals surface area contributed by atoms with Gasteiger partial charge in [0.05, 0.1) is 25.2 Å². The quantitative estimate of drug-likeness (QED) is 0.0248. The van der Waals surface area contributed by atoms with Gasteiger partial charge in [-0.15, -0.1) is 0 Å². The molecule has 0 spiro atoms. The van der Waals surface area contributed by atoms with E-state index in [1.807, 2.05) is 42.5 Å². The summed E-state index contributed by atoms with van der Waals surface area (Å²) in [5.41, 5.74) is 0. The van der Waals surface area contributed by atoms with E-state index in [0.717, 1.165) is 70.6 Å². The van der Waals surface area contributed by atoms with Crippen LogP contribution in [-0.4, -0.2) is 46.9 Å². The Hall–Kier alpha value is -2.70. The first kappa shape index (κ1) is 54.3. The summed E-state index contributed by atoms with van der Waals surface area (Å²) < 4.78 is 5.87. The Kier molecular flexibility index (Phi) is 42.3. The lowest BCUT2D eigenvalue weighted by atomic mass is 10.0. The molecular formula is C51H89NO5. The minimum atomic E-state index is -0.803. The molecule has 0 rings (SSSR count). The highest BCUT2D eigenvalue weighted by Crippen LogP contribution is 2.16. The van der Waals surface area contributed by atoms with Gasteiger partial charge < -0.3 is 20.3 Å². The number of rotatable bonds is 41. The molecule has 6 nitrogen and oxygen atoms in total. The maximum Gasteiger partial charge on any atom is 0.306 e. The van der Waals surface area contributed by atoms with Gasteiger partial charge in [-0.2, -0.15) is 0 Å². The molecule has 0 aromatic heterocycles. The van der Waals surface area contributed by atoms with E-state index in [-0.39, 0.29) is 24.9 Å². The molecule has 0 aliphatic heterocycles. The Balaban J connectivity index is 4.72. The molecule has 3 N–H and O–H groups in total. The lowest BCUT2D eigenvalue weighted by molar-refractivity contribution is -0.151. The van der Waals surface area contributed by atoms with Crippen LogP contribution < -0.4 is 5.32 Å². The molecule has 3 unspecified atom stereocenters. The maximum atomic E-state index is 13.1. The molecule has 0 radical (unpaired) electrons. The summed E-state index contributed by atoms with van der Waals surface area (Å²) in [5, 5.41) is 23.6.